The molecule has 0 N–H and O–H groups in total. The number of rotatable bonds is 6. The van der Waals surface area contributed by atoms with Crippen molar-refractivity contribution in [1.82, 2.24) is 24.3 Å². The van der Waals surface area contributed by atoms with Crippen LogP contribution in [-0.4, -0.2) is 64.1 Å². The van der Waals surface area contributed by atoms with E-state index in [4.69, 9.17) is 4.74 Å². The summed E-state index contributed by atoms with van der Waals surface area (Å²) in [5, 5.41) is 0. The Morgan fingerprint density at radius 2 is 2.20 bits per heavy atom. The Labute approximate surface area is 148 Å². The third-order valence-electron chi connectivity index (χ3n) is 4.36. The second-order valence-corrected chi connectivity index (χ2v) is 6.74. The molecule has 1 atom stereocenters. The topological polar surface area (TPSA) is 63.5 Å². The molecule has 3 rings (SSSR count). The minimum Gasteiger partial charge on any atom is -0.371 e. The molecule has 0 aromatic carbocycles. The number of amides is 1. The zero-order valence-electron chi connectivity index (χ0n) is 14.8. The van der Waals surface area contributed by atoms with Gasteiger partial charge in [-0.2, -0.15) is 0 Å². The summed E-state index contributed by atoms with van der Waals surface area (Å²) in [6.07, 6.45) is 7.50. The van der Waals surface area contributed by atoms with E-state index in [1.807, 2.05) is 24.8 Å². The molecular formula is C18H25N5O2. The fourth-order valence-electron chi connectivity index (χ4n) is 3.06. The maximum Gasteiger partial charge on any atom is 0.248 e. The van der Waals surface area contributed by atoms with E-state index < -0.39 is 0 Å². The first kappa shape index (κ1) is 17.6. The number of hydrogen-bond donors (Lipinski definition) is 0. The first-order valence-electron chi connectivity index (χ1n) is 8.50. The molecular weight excluding hydrogens is 318 g/mol. The number of fused-ring (bicyclic) bond motifs is 1. The molecule has 7 heteroatoms. The maximum atomic E-state index is 11.7. The van der Waals surface area contributed by atoms with Crippen LogP contribution in [0.3, 0.4) is 0 Å². The quantitative estimate of drug-likeness (QED) is 0.783. The second-order valence-electron chi connectivity index (χ2n) is 6.74. The van der Waals surface area contributed by atoms with Crippen molar-refractivity contribution in [2.75, 3.05) is 33.9 Å². The molecule has 0 radical (unpaired) electrons. The fraction of sp³-hybridized carbons (Fsp3) is 0.500. The number of pyridine rings is 1. The monoisotopic (exact) mass is 343 g/mol. The minimum atomic E-state index is -0.0100. The fourth-order valence-corrected chi connectivity index (χ4v) is 3.06. The molecule has 0 saturated heterocycles. The van der Waals surface area contributed by atoms with Gasteiger partial charge in [-0.25, -0.2) is 4.98 Å². The highest BCUT2D eigenvalue weighted by Gasteiger charge is 2.22. The Bertz CT molecular complexity index is 686. The van der Waals surface area contributed by atoms with Crippen LogP contribution in [0.2, 0.25) is 0 Å². The summed E-state index contributed by atoms with van der Waals surface area (Å²) in [5.74, 6) is 0.297. The SMILES string of the molecule is CN(C)C(=O)COCC1CN(Cc2cccnc2)Cc2cncn2C1. The summed E-state index contributed by atoms with van der Waals surface area (Å²) in [6.45, 7) is 4.14. The standard InChI is InChI=1S/C18H25N5O2/c1-21(2)18(24)13-25-12-16-9-22(8-15-4-3-5-19-6-15)11-17-7-20-14-23(17)10-16/h3-7,14,16H,8-13H2,1-2H3. The number of carbonyl (C=O) groups is 1. The van der Waals surface area contributed by atoms with Gasteiger partial charge in [-0.3, -0.25) is 14.7 Å². The highest BCUT2D eigenvalue weighted by atomic mass is 16.5. The summed E-state index contributed by atoms with van der Waals surface area (Å²) in [4.78, 5) is 24.1. The van der Waals surface area contributed by atoms with Gasteiger partial charge in [0.1, 0.15) is 6.61 Å². The van der Waals surface area contributed by atoms with Gasteiger partial charge >= 0.3 is 0 Å². The summed E-state index contributed by atoms with van der Waals surface area (Å²) in [7, 11) is 3.48. The van der Waals surface area contributed by atoms with Crippen LogP contribution in [0.5, 0.6) is 0 Å². The molecule has 1 amide bonds. The summed E-state index contributed by atoms with van der Waals surface area (Å²) < 4.78 is 7.86. The Morgan fingerprint density at radius 3 is 2.96 bits per heavy atom. The zero-order valence-corrected chi connectivity index (χ0v) is 14.8. The van der Waals surface area contributed by atoms with Gasteiger partial charge in [-0.05, 0) is 11.6 Å². The third kappa shape index (κ3) is 4.87. The van der Waals surface area contributed by atoms with Crippen molar-refractivity contribution in [2.45, 2.75) is 19.6 Å². The molecule has 7 nitrogen and oxygen atoms in total. The lowest BCUT2D eigenvalue weighted by Crippen LogP contribution is -2.32. The van der Waals surface area contributed by atoms with Crippen molar-refractivity contribution in [3.63, 3.8) is 0 Å². The number of ether oxygens (including phenoxy) is 1. The van der Waals surface area contributed by atoms with E-state index in [-0.39, 0.29) is 12.5 Å². The molecule has 2 aromatic rings. The predicted molar refractivity (Wildman–Crippen MR) is 93.6 cm³/mol. The van der Waals surface area contributed by atoms with Crippen molar-refractivity contribution in [1.29, 1.82) is 0 Å². The molecule has 0 bridgehead atoms. The Kier molecular flexibility index (Phi) is 5.78. The Hall–Kier alpha value is -2.25. The van der Waals surface area contributed by atoms with Gasteiger partial charge in [-0.1, -0.05) is 6.07 Å². The van der Waals surface area contributed by atoms with Crippen LogP contribution in [0.1, 0.15) is 11.3 Å². The van der Waals surface area contributed by atoms with Gasteiger partial charge in [0.2, 0.25) is 5.91 Å². The molecule has 3 heterocycles. The van der Waals surface area contributed by atoms with Gasteiger partial charge in [0.15, 0.2) is 0 Å². The van der Waals surface area contributed by atoms with E-state index in [0.717, 1.165) is 26.2 Å². The molecule has 0 spiro atoms. The van der Waals surface area contributed by atoms with Crippen molar-refractivity contribution in [3.05, 3.63) is 48.3 Å². The van der Waals surface area contributed by atoms with Crippen molar-refractivity contribution in [3.8, 4) is 0 Å². The van der Waals surface area contributed by atoms with Crippen molar-refractivity contribution >= 4 is 5.91 Å². The van der Waals surface area contributed by atoms with Crippen molar-refractivity contribution in [2.24, 2.45) is 5.92 Å². The predicted octanol–water partition coefficient (Wildman–Crippen LogP) is 1.01. The summed E-state index contributed by atoms with van der Waals surface area (Å²) in [6, 6.07) is 4.06. The first-order chi connectivity index (χ1) is 12.1. The number of aromatic nitrogens is 3. The lowest BCUT2D eigenvalue weighted by Gasteiger charge is -2.24. The second kappa shape index (κ2) is 8.22. The van der Waals surface area contributed by atoms with E-state index in [2.05, 4.69) is 25.5 Å². The van der Waals surface area contributed by atoms with E-state index in [1.54, 1.807) is 25.2 Å². The van der Waals surface area contributed by atoms with Gasteiger partial charge < -0.3 is 14.2 Å². The minimum absolute atomic E-state index is 0.0100. The van der Waals surface area contributed by atoms with Crippen LogP contribution in [0.15, 0.2) is 37.1 Å². The first-order valence-corrected chi connectivity index (χ1v) is 8.50. The number of likely N-dealkylation sites (N-methyl/N-ethyl adjacent to an activating group) is 1. The molecule has 0 aliphatic carbocycles. The van der Waals surface area contributed by atoms with Gasteiger partial charge in [0.05, 0.1) is 18.6 Å². The van der Waals surface area contributed by atoms with Gasteiger partial charge in [-0.15, -0.1) is 0 Å². The highest BCUT2D eigenvalue weighted by Crippen LogP contribution is 2.18. The molecule has 1 aliphatic heterocycles. The molecule has 1 aliphatic rings. The average Bonchev–Trinajstić information content (AvgIpc) is 2.95. The normalized spacial score (nSPS) is 17.8. The average molecular weight is 343 g/mol. The molecule has 0 saturated carbocycles. The van der Waals surface area contributed by atoms with E-state index in [1.165, 1.54) is 11.3 Å². The lowest BCUT2D eigenvalue weighted by atomic mass is 10.1. The molecule has 1 unspecified atom stereocenters. The van der Waals surface area contributed by atoms with E-state index in [0.29, 0.717) is 12.5 Å². The number of nitrogens with zero attached hydrogens (tertiary/aromatic N) is 5. The van der Waals surface area contributed by atoms with Gasteiger partial charge in [0, 0.05) is 64.8 Å². The van der Waals surface area contributed by atoms with Crippen molar-refractivity contribution < 1.29 is 9.53 Å². The maximum absolute atomic E-state index is 11.7. The largest absolute Gasteiger partial charge is 0.371 e. The third-order valence-corrected chi connectivity index (χ3v) is 4.36. The molecule has 25 heavy (non-hydrogen) atoms. The number of imidazole rings is 1. The van der Waals surface area contributed by atoms with Crippen LogP contribution in [0, 0.1) is 5.92 Å². The lowest BCUT2D eigenvalue weighted by molar-refractivity contribution is -0.134. The van der Waals surface area contributed by atoms with Crippen LogP contribution in [0.25, 0.3) is 0 Å². The van der Waals surface area contributed by atoms with Crippen LogP contribution in [-0.2, 0) is 29.2 Å². The Balaban J connectivity index is 1.63. The summed E-state index contributed by atoms with van der Waals surface area (Å²) in [5.41, 5.74) is 2.40. The molecule has 134 valence electrons. The van der Waals surface area contributed by atoms with Gasteiger partial charge in [0.25, 0.3) is 0 Å². The number of carbonyl (C=O) groups excluding carboxylic acids is 1. The van der Waals surface area contributed by atoms with Crippen LogP contribution >= 0.6 is 0 Å². The smallest absolute Gasteiger partial charge is 0.248 e. The molecule has 2 aromatic heterocycles. The zero-order chi connectivity index (χ0) is 17.6. The number of hydrogen-bond acceptors (Lipinski definition) is 5. The Morgan fingerprint density at radius 1 is 1.32 bits per heavy atom. The summed E-state index contributed by atoms with van der Waals surface area (Å²) >= 11 is 0. The molecule has 0 fully saturated rings. The van der Waals surface area contributed by atoms with E-state index in [9.17, 15) is 4.79 Å². The highest BCUT2D eigenvalue weighted by molar-refractivity contribution is 5.76. The van der Waals surface area contributed by atoms with Crippen LogP contribution < -0.4 is 0 Å². The van der Waals surface area contributed by atoms with E-state index >= 15 is 0 Å². The van der Waals surface area contributed by atoms with Crippen LogP contribution in [0.4, 0.5) is 0 Å².